The molecule has 0 radical (unpaired) electrons. The third-order valence-electron chi connectivity index (χ3n) is 4.36. The summed E-state index contributed by atoms with van der Waals surface area (Å²) in [5.74, 6) is 0. The molecule has 1 aliphatic heterocycles. The van der Waals surface area contributed by atoms with Crippen molar-refractivity contribution in [3.8, 4) is 0 Å². The summed E-state index contributed by atoms with van der Waals surface area (Å²) in [5, 5.41) is 3.05. The second kappa shape index (κ2) is 5.72. The maximum absolute atomic E-state index is 12.8. The lowest BCUT2D eigenvalue weighted by Crippen LogP contribution is -2.58. The van der Waals surface area contributed by atoms with Crippen LogP contribution < -0.4 is 5.32 Å². The largest absolute Gasteiger partial charge is 0.352 e. The first kappa shape index (κ1) is 16.5. The van der Waals surface area contributed by atoms with E-state index in [9.17, 15) is 8.42 Å². The molecule has 1 aliphatic rings. The number of aryl methyl sites for hydroxylation is 1. The zero-order valence-electron chi connectivity index (χ0n) is 13.5. The van der Waals surface area contributed by atoms with Crippen molar-refractivity contribution in [1.29, 1.82) is 0 Å². The Labute approximate surface area is 127 Å². The first-order valence-electron chi connectivity index (χ1n) is 7.20. The summed E-state index contributed by atoms with van der Waals surface area (Å²) in [4.78, 5) is 2.59. The van der Waals surface area contributed by atoms with E-state index in [1.807, 2.05) is 25.7 Å². The van der Waals surface area contributed by atoms with Gasteiger partial charge in [-0.15, -0.1) is 0 Å². The van der Waals surface area contributed by atoms with Crippen LogP contribution in [0.15, 0.2) is 17.2 Å². The van der Waals surface area contributed by atoms with E-state index in [1.165, 1.54) is 0 Å². The minimum atomic E-state index is -3.42. The number of hydrogen-bond acceptors (Lipinski definition) is 4. The highest BCUT2D eigenvalue weighted by Gasteiger charge is 2.37. The average Bonchev–Trinajstić information content (AvgIpc) is 2.75. The van der Waals surface area contributed by atoms with E-state index in [1.54, 1.807) is 16.6 Å². The maximum atomic E-state index is 12.8. The number of likely N-dealkylation sites (N-methyl/N-ethyl adjacent to an activating group) is 1. The molecule has 21 heavy (non-hydrogen) atoms. The number of piperazine rings is 1. The number of nitrogens with one attached hydrogen (secondary N) is 1. The molecule has 7 heteroatoms. The van der Waals surface area contributed by atoms with Crippen molar-refractivity contribution in [2.24, 2.45) is 7.05 Å². The van der Waals surface area contributed by atoms with Crippen LogP contribution in [0.5, 0.6) is 0 Å². The molecule has 1 saturated heterocycles. The Balaban J connectivity index is 2.28. The molecule has 6 nitrogen and oxygen atoms in total. The molecule has 2 rings (SSSR count). The highest BCUT2D eigenvalue weighted by atomic mass is 32.2. The standard InChI is InChI=1S/C14H26N4O2S/c1-14(2)11-18(7-6-17(14)5)21(19,20)13-8-12(9-15-3)16(4)10-13/h8,10,15H,6-7,9,11H2,1-5H3. The maximum Gasteiger partial charge on any atom is 0.244 e. The van der Waals surface area contributed by atoms with E-state index in [0.29, 0.717) is 24.5 Å². The minimum absolute atomic E-state index is 0.145. The molecule has 2 heterocycles. The fourth-order valence-electron chi connectivity index (χ4n) is 2.62. The fraction of sp³-hybridized carbons (Fsp3) is 0.714. The van der Waals surface area contributed by atoms with Crippen LogP contribution >= 0.6 is 0 Å². The third-order valence-corrected chi connectivity index (χ3v) is 6.17. The van der Waals surface area contributed by atoms with E-state index in [4.69, 9.17) is 0 Å². The molecular weight excluding hydrogens is 288 g/mol. The molecule has 1 N–H and O–H groups in total. The zero-order valence-corrected chi connectivity index (χ0v) is 14.4. The summed E-state index contributed by atoms with van der Waals surface area (Å²) in [6.45, 7) is 6.61. The van der Waals surface area contributed by atoms with Crippen molar-refractivity contribution in [3.63, 3.8) is 0 Å². The topological polar surface area (TPSA) is 57.6 Å². The van der Waals surface area contributed by atoms with E-state index >= 15 is 0 Å². The monoisotopic (exact) mass is 314 g/mol. The smallest absolute Gasteiger partial charge is 0.244 e. The van der Waals surface area contributed by atoms with E-state index in [-0.39, 0.29) is 5.54 Å². The predicted octanol–water partition coefficient (Wildman–Crippen LogP) is 0.459. The first-order chi connectivity index (χ1) is 9.68. The highest BCUT2D eigenvalue weighted by molar-refractivity contribution is 7.89. The van der Waals surface area contributed by atoms with Gasteiger partial charge in [-0.1, -0.05) is 0 Å². The van der Waals surface area contributed by atoms with Crippen molar-refractivity contribution in [2.45, 2.75) is 30.8 Å². The fourth-order valence-corrected chi connectivity index (χ4v) is 4.31. The Hall–Kier alpha value is -0.890. The highest BCUT2D eigenvalue weighted by Crippen LogP contribution is 2.25. The molecule has 0 saturated carbocycles. The first-order valence-corrected chi connectivity index (χ1v) is 8.64. The molecule has 1 aromatic heterocycles. The Morgan fingerprint density at radius 3 is 2.52 bits per heavy atom. The van der Waals surface area contributed by atoms with Gasteiger partial charge in [-0.2, -0.15) is 4.31 Å². The van der Waals surface area contributed by atoms with Gasteiger partial charge in [-0.05, 0) is 34.0 Å². The molecule has 0 aromatic carbocycles. The molecule has 1 aromatic rings. The van der Waals surface area contributed by atoms with Gasteiger partial charge in [-0.25, -0.2) is 8.42 Å². The minimum Gasteiger partial charge on any atom is -0.352 e. The summed E-state index contributed by atoms with van der Waals surface area (Å²) < 4.78 is 29.1. The summed E-state index contributed by atoms with van der Waals surface area (Å²) in [5.41, 5.74) is 0.818. The van der Waals surface area contributed by atoms with Gasteiger partial charge in [0.25, 0.3) is 0 Å². The van der Waals surface area contributed by atoms with E-state index in [0.717, 1.165) is 12.2 Å². The van der Waals surface area contributed by atoms with Crippen LogP contribution in [0.3, 0.4) is 0 Å². The molecular formula is C14H26N4O2S. The number of aromatic nitrogens is 1. The Bertz CT molecular complexity index is 606. The van der Waals surface area contributed by atoms with Crippen LogP contribution in [-0.2, 0) is 23.6 Å². The SMILES string of the molecule is CNCc1cc(S(=O)(=O)N2CCN(C)C(C)(C)C2)cn1C. The van der Waals surface area contributed by atoms with E-state index in [2.05, 4.69) is 24.1 Å². The van der Waals surface area contributed by atoms with Gasteiger partial charge < -0.3 is 9.88 Å². The van der Waals surface area contributed by atoms with Crippen LogP contribution in [-0.4, -0.2) is 61.5 Å². The van der Waals surface area contributed by atoms with Crippen LogP contribution in [0.2, 0.25) is 0 Å². The van der Waals surface area contributed by atoms with Crippen LogP contribution in [0.25, 0.3) is 0 Å². The number of hydrogen-bond donors (Lipinski definition) is 1. The van der Waals surface area contributed by atoms with Gasteiger partial charge in [0.1, 0.15) is 4.90 Å². The van der Waals surface area contributed by atoms with Gasteiger partial charge in [0.15, 0.2) is 0 Å². The summed E-state index contributed by atoms with van der Waals surface area (Å²) in [7, 11) is 2.35. The Morgan fingerprint density at radius 1 is 1.29 bits per heavy atom. The quantitative estimate of drug-likeness (QED) is 0.877. The lowest BCUT2D eigenvalue weighted by Gasteiger charge is -2.44. The van der Waals surface area contributed by atoms with Crippen molar-refractivity contribution in [2.75, 3.05) is 33.7 Å². The summed E-state index contributed by atoms with van der Waals surface area (Å²) >= 11 is 0. The van der Waals surface area contributed by atoms with Crippen molar-refractivity contribution in [3.05, 3.63) is 18.0 Å². The van der Waals surface area contributed by atoms with Crippen molar-refractivity contribution < 1.29 is 8.42 Å². The second-order valence-corrected chi connectivity index (χ2v) is 8.32. The predicted molar refractivity (Wildman–Crippen MR) is 83.6 cm³/mol. The third kappa shape index (κ3) is 3.15. The van der Waals surface area contributed by atoms with Gasteiger partial charge in [0.05, 0.1) is 0 Å². The molecule has 120 valence electrons. The average molecular weight is 314 g/mol. The van der Waals surface area contributed by atoms with Gasteiger partial charge in [0.2, 0.25) is 10.0 Å². The van der Waals surface area contributed by atoms with Crippen LogP contribution in [0.1, 0.15) is 19.5 Å². The lowest BCUT2D eigenvalue weighted by molar-refractivity contribution is 0.0801. The normalized spacial score (nSPS) is 20.8. The molecule has 0 amide bonds. The molecule has 0 bridgehead atoms. The van der Waals surface area contributed by atoms with E-state index < -0.39 is 10.0 Å². The van der Waals surface area contributed by atoms with Crippen molar-refractivity contribution >= 4 is 10.0 Å². The molecule has 0 atom stereocenters. The van der Waals surface area contributed by atoms with Crippen LogP contribution in [0, 0.1) is 0 Å². The van der Waals surface area contributed by atoms with Gasteiger partial charge in [-0.3, -0.25) is 4.90 Å². The van der Waals surface area contributed by atoms with Crippen molar-refractivity contribution in [1.82, 2.24) is 19.1 Å². The summed E-state index contributed by atoms with van der Waals surface area (Å²) in [6.07, 6.45) is 1.70. The van der Waals surface area contributed by atoms with Gasteiger partial charge >= 0.3 is 0 Å². The second-order valence-electron chi connectivity index (χ2n) is 6.38. The number of sulfonamides is 1. The molecule has 0 spiro atoms. The van der Waals surface area contributed by atoms with Gasteiger partial charge in [0, 0.05) is 50.7 Å². The molecule has 1 fully saturated rings. The molecule has 0 aliphatic carbocycles. The molecule has 0 unspecified atom stereocenters. The lowest BCUT2D eigenvalue weighted by atomic mass is 10.0. The van der Waals surface area contributed by atoms with Crippen LogP contribution in [0.4, 0.5) is 0 Å². The summed E-state index contributed by atoms with van der Waals surface area (Å²) in [6, 6.07) is 1.76. The Kier molecular flexibility index (Phi) is 4.49. The number of rotatable bonds is 4. The number of nitrogens with zero attached hydrogens (tertiary/aromatic N) is 3. The Morgan fingerprint density at radius 2 is 1.95 bits per heavy atom. The zero-order chi connectivity index (χ0) is 15.8.